The molecule has 0 aliphatic carbocycles. The molecule has 0 radical (unpaired) electrons. The van der Waals surface area contributed by atoms with Crippen LogP contribution < -0.4 is 0 Å². The number of alkyl halides is 1. The first-order valence-corrected chi connectivity index (χ1v) is 4.55. The van der Waals surface area contributed by atoms with E-state index in [1.165, 1.54) is 0 Å². The Bertz CT molecular complexity index is 234. The van der Waals surface area contributed by atoms with Crippen molar-refractivity contribution in [3.05, 3.63) is 23.7 Å². The van der Waals surface area contributed by atoms with E-state index < -0.39 is 0 Å². The van der Waals surface area contributed by atoms with Gasteiger partial charge in [0.1, 0.15) is 11.5 Å². The van der Waals surface area contributed by atoms with Crippen LogP contribution in [0.5, 0.6) is 0 Å². The normalized spacial score (nSPS) is 11.0. The fourth-order valence-corrected chi connectivity index (χ4v) is 1.10. The van der Waals surface area contributed by atoms with Crippen LogP contribution in [0.25, 0.3) is 0 Å². The molecule has 0 unspecified atom stereocenters. The van der Waals surface area contributed by atoms with Gasteiger partial charge in [-0.2, -0.15) is 0 Å². The fraction of sp³-hybridized carbons (Fsp3) is 0.556. The largest absolute Gasteiger partial charge is 0.466 e. The Morgan fingerprint density at radius 3 is 2.75 bits per heavy atom. The average molecular weight is 188 g/mol. The molecule has 0 atom stereocenters. The van der Waals surface area contributed by atoms with Crippen molar-refractivity contribution in [2.24, 2.45) is 0 Å². The van der Waals surface area contributed by atoms with Gasteiger partial charge in [-0.05, 0) is 26.1 Å². The summed E-state index contributed by atoms with van der Waals surface area (Å²) >= 11 is 5.62. The molecule has 1 aromatic heterocycles. The number of likely N-dealkylation sites (N-methyl/N-ethyl adjacent to an activating group) is 1. The van der Waals surface area contributed by atoms with Gasteiger partial charge in [-0.1, -0.05) is 0 Å². The highest BCUT2D eigenvalue weighted by atomic mass is 35.5. The lowest BCUT2D eigenvalue weighted by atomic mass is 10.3. The summed E-state index contributed by atoms with van der Waals surface area (Å²) in [6, 6.07) is 4.56. The van der Waals surface area contributed by atoms with Crippen molar-refractivity contribution in [3.8, 4) is 0 Å². The van der Waals surface area contributed by atoms with E-state index in [1.54, 1.807) is 0 Å². The van der Waals surface area contributed by atoms with Crippen LogP contribution in [-0.2, 0) is 6.42 Å². The minimum atomic E-state index is 0.569. The zero-order valence-corrected chi connectivity index (χ0v) is 8.27. The lowest BCUT2D eigenvalue weighted by Crippen LogP contribution is -2.18. The molecule has 0 spiro atoms. The van der Waals surface area contributed by atoms with Crippen LogP contribution in [0.1, 0.15) is 11.5 Å². The summed E-state index contributed by atoms with van der Waals surface area (Å²) in [7, 11) is 1.99. The van der Waals surface area contributed by atoms with E-state index in [1.807, 2.05) is 31.0 Å². The van der Waals surface area contributed by atoms with Crippen LogP contribution in [0.4, 0.5) is 0 Å². The monoisotopic (exact) mass is 187 g/mol. The van der Waals surface area contributed by atoms with Gasteiger partial charge < -0.3 is 4.42 Å². The third-order valence-electron chi connectivity index (χ3n) is 1.74. The molecule has 3 heteroatoms. The molecule has 0 aliphatic rings. The first-order valence-electron chi connectivity index (χ1n) is 4.02. The first-order chi connectivity index (χ1) is 5.72. The SMILES string of the molecule is Cc1ccc(CCN(C)CCl)o1. The number of hydrogen-bond acceptors (Lipinski definition) is 2. The smallest absolute Gasteiger partial charge is 0.105 e. The predicted octanol–water partition coefficient (Wildman–Crippen LogP) is 2.26. The van der Waals surface area contributed by atoms with Crippen LogP contribution in [0.15, 0.2) is 16.5 Å². The minimum Gasteiger partial charge on any atom is -0.466 e. The van der Waals surface area contributed by atoms with Gasteiger partial charge >= 0.3 is 0 Å². The maximum atomic E-state index is 5.62. The Morgan fingerprint density at radius 2 is 2.25 bits per heavy atom. The molecule has 1 rings (SSSR count). The second-order valence-corrected chi connectivity index (χ2v) is 3.20. The van der Waals surface area contributed by atoms with E-state index in [-0.39, 0.29) is 0 Å². The van der Waals surface area contributed by atoms with Crippen LogP contribution in [-0.4, -0.2) is 24.5 Å². The van der Waals surface area contributed by atoms with E-state index in [4.69, 9.17) is 16.0 Å². The zero-order chi connectivity index (χ0) is 8.97. The molecule has 0 saturated carbocycles. The summed E-state index contributed by atoms with van der Waals surface area (Å²) in [5.74, 6) is 2.00. The second kappa shape index (κ2) is 4.53. The Morgan fingerprint density at radius 1 is 1.50 bits per heavy atom. The zero-order valence-electron chi connectivity index (χ0n) is 7.51. The fourth-order valence-electron chi connectivity index (χ4n) is 0.980. The molecule has 0 bridgehead atoms. The van der Waals surface area contributed by atoms with E-state index in [9.17, 15) is 0 Å². The molecule has 12 heavy (non-hydrogen) atoms. The highest BCUT2D eigenvalue weighted by Gasteiger charge is 2.00. The Labute approximate surface area is 78.1 Å². The second-order valence-electron chi connectivity index (χ2n) is 2.96. The Kier molecular flexibility index (Phi) is 3.63. The van der Waals surface area contributed by atoms with Gasteiger partial charge in [-0.3, -0.25) is 4.90 Å². The summed E-state index contributed by atoms with van der Waals surface area (Å²) in [5.41, 5.74) is 0. The maximum Gasteiger partial charge on any atom is 0.105 e. The van der Waals surface area contributed by atoms with Crippen LogP contribution in [0.2, 0.25) is 0 Å². The van der Waals surface area contributed by atoms with E-state index >= 15 is 0 Å². The van der Waals surface area contributed by atoms with Crippen molar-refractivity contribution in [1.29, 1.82) is 0 Å². The van der Waals surface area contributed by atoms with Crippen molar-refractivity contribution in [2.75, 3.05) is 19.6 Å². The summed E-state index contributed by atoms with van der Waals surface area (Å²) in [4.78, 5) is 2.04. The lowest BCUT2D eigenvalue weighted by molar-refractivity contribution is 0.371. The van der Waals surface area contributed by atoms with Crippen LogP contribution in [0, 0.1) is 6.92 Å². The predicted molar refractivity (Wildman–Crippen MR) is 50.5 cm³/mol. The number of furan rings is 1. The molecule has 1 aromatic rings. The summed E-state index contributed by atoms with van der Waals surface area (Å²) < 4.78 is 5.41. The molecule has 0 fully saturated rings. The average Bonchev–Trinajstić information content (AvgIpc) is 2.47. The number of rotatable bonds is 4. The molecule has 0 aliphatic heterocycles. The van der Waals surface area contributed by atoms with E-state index in [0.29, 0.717) is 6.00 Å². The van der Waals surface area contributed by atoms with Crippen LogP contribution in [0.3, 0.4) is 0 Å². The molecule has 0 saturated heterocycles. The number of hydrogen-bond donors (Lipinski definition) is 0. The highest BCUT2D eigenvalue weighted by molar-refractivity contribution is 6.17. The van der Waals surface area contributed by atoms with Crippen LogP contribution >= 0.6 is 11.6 Å². The van der Waals surface area contributed by atoms with Crippen molar-refractivity contribution >= 4 is 11.6 Å². The molecule has 68 valence electrons. The van der Waals surface area contributed by atoms with E-state index in [0.717, 1.165) is 24.5 Å². The summed E-state index contributed by atoms with van der Waals surface area (Å²) in [5, 5.41) is 0. The van der Waals surface area contributed by atoms with Crippen molar-refractivity contribution in [1.82, 2.24) is 4.90 Å². The summed E-state index contributed by atoms with van der Waals surface area (Å²) in [6.45, 7) is 2.89. The lowest BCUT2D eigenvalue weighted by Gasteiger charge is -2.10. The molecule has 0 aromatic carbocycles. The molecule has 1 heterocycles. The van der Waals surface area contributed by atoms with Crippen molar-refractivity contribution in [2.45, 2.75) is 13.3 Å². The molecule has 0 amide bonds. The summed E-state index contributed by atoms with van der Waals surface area (Å²) in [6.07, 6.45) is 0.928. The third-order valence-corrected chi connectivity index (χ3v) is 2.15. The number of aryl methyl sites for hydroxylation is 1. The highest BCUT2D eigenvalue weighted by Crippen LogP contribution is 2.07. The van der Waals surface area contributed by atoms with Gasteiger partial charge in [0.15, 0.2) is 0 Å². The van der Waals surface area contributed by atoms with E-state index in [2.05, 4.69) is 0 Å². The third kappa shape index (κ3) is 2.88. The van der Waals surface area contributed by atoms with Gasteiger partial charge in [0.25, 0.3) is 0 Å². The van der Waals surface area contributed by atoms with Crippen molar-refractivity contribution in [3.63, 3.8) is 0 Å². The van der Waals surface area contributed by atoms with Crippen molar-refractivity contribution < 1.29 is 4.42 Å². The first kappa shape index (κ1) is 9.62. The Hall–Kier alpha value is -0.470. The number of nitrogens with zero attached hydrogens (tertiary/aromatic N) is 1. The molecule has 0 N–H and O–H groups in total. The molecule has 2 nitrogen and oxygen atoms in total. The van der Waals surface area contributed by atoms with Gasteiger partial charge in [-0.25, -0.2) is 0 Å². The Balaban J connectivity index is 2.33. The molecular weight excluding hydrogens is 174 g/mol. The van der Waals surface area contributed by atoms with Gasteiger partial charge in [0.2, 0.25) is 0 Å². The maximum absolute atomic E-state index is 5.62. The minimum absolute atomic E-state index is 0.569. The number of halogens is 1. The topological polar surface area (TPSA) is 16.4 Å². The standard InChI is InChI=1S/C9H14ClNO/c1-8-3-4-9(12-8)5-6-11(2)7-10/h3-4H,5-7H2,1-2H3. The van der Waals surface area contributed by atoms with Gasteiger partial charge in [0.05, 0.1) is 6.00 Å². The quantitative estimate of drug-likeness (QED) is 0.531. The van der Waals surface area contributed by atoms with Gasteiger partial charge in [0, 0.05) is 13.0 Å². The van der Waals surface area contributed by atoms with Gasteiger partial charge in [-0.15, -0.1) is 11.6 Å². The molecular formula is C9H14ClNO.